The van der Waals surface area contributed by atoms with Crippen LogP contribution in [0.1, 0.15) is 0 Å². The minimum absolute atomic E-state index is 0.170. The molecule has 1 aromatic carbocycles. The van der Waals surface area contributed by atoms with E-state index in [-0.39, 0.29) is 5.56 Å². The number of rotatable bonds is 2. The molecule has 0 saturated heterocycles. The lowest BCUT2D eigenvalue weighted by Gasteiger charge is -2.05. The molecule has 0 saturated carbocycles. The number of aromatic nitrogens is 1. The van der Waals surface area contributed by atoms with Crippen LogP contribution in [0.25, 0.3) is 5.69 Å². The van der Waals surface area contributed by atoms with E-state index < -0.39 is 0 Å². The summed E-state index contributed by atoms with van der Waals surface area (Å²) in [6, 6.07) is 6.48. The van der Waals surface area contributed by atoms with Crippen LogP contribution < -0.4 is 10.3 Å². The summed E-state index contributed by atoms with van der Waals surface area (Å²) in [5, 5.41) is 0.455. The molecule has 0 aliphatic heterocycles. The van der Waals surface area contributed by atoms with Crippen molar-refractivity contribution in [2.75, 3.05) is 7.11 Å². The first-order valence-corrected chi connectivity index (χ1v) is 5.87. The highest BCUT2D eigenvalue weighted by Gasteiger charge is 2.07. The number of halogens is 2. The monoisotopic (exact) mass is 275 g/mol. The number of hydrogen-bond acceptors (Lipinski definition) is 3. The number of hydrogen-bond donors (Lipinski definition) is 0. The number of ether oxygens (including phenoxy) is 1. The molecule has 1 aromatic heterocycles. The SMILES string of the molecule is COc1ccc(-n2sc(Cl)cc2=O)cc1Cl. The van der Waals surface area contributed by atoms with Crippen LogP contribution in [-0.2, 0) is 0 Å². The maximum absolute atomic E-state index is 11.5. The molecule has 0 atom stereocenters. The highest BCUT2D eigenvalue weighted by atomic mass is 35.5. The van der Waals surface area contributed by atoms with E-state index in [9.17, 15) is 4.79 Å². The van der Waals surface area contributed by atoms with Gasteiger partial charge in [-0.15, -0.1) is 0 Å². The van der Waals surface area contributed by atoms with E-state index >= 15 is 0 Å². The Morgan fingerprint density at radius 1 is 1.31 bits per heavy atom. The van der Waals surface area contributed by atoms with Gasteiger partial charge in [0, 0.05) is 6.07 Å². The van der Waals surface area contributed by atoms with E-state index in [1.807, 2.05) is 0 Å². The standard InChI is InChI=1S/C10H7Cl2NO2S/c1-15-8-3-2-6(4-7(8)11)13-10(14)5-9(12)16-13/h2-5H,1H3. The molecule has 0 N–H and O–H groups in total. The molecule has 16 heavy (non-hydrogen) atoms. The van der Waals surface area contributed by atoms with Crippen LogP contribution >= 0.6 is 34.7 Å². The lowest BCUT2D eigenvalue weighted by atomic mass is 10.3. The van der Waals surface area contributed by atoms with Crippen LogP contribution in [0.15, 0.2) is 29.1 Å². The van der Waals surface area contributed by atoms with Crippen molar-refractivity contribution in [3.05, 3.63) is 44.0 Å². The second kappa shape index (κ2) is 4.49. The minimum atomic E-state index is -0.170. The van der Waals surface area contributed by atoms with Crippen molar-refractivity contribution in [3.63, 3.8) is 0 Å². The van der Waals surface area contributed by atoms with Gasteiger partial charge in [-0.05, 0) is 29.7 Å². The molecule has 0 bridgehead atoms. The summed E-state index contributed by atoms with van der Waals surface area (Å²) in [4.78, 5) is 11.5. The largest absolute Gasteiger partial charge is 0.495 e. The van der Waals surface area contributed by atoms with Crippen molar-refractivity contribution in [2.45, 2.75) is 0 Å². The lowest BCUT2D eigenvalue weighted by molar-refractivity contribution is 0.415. The Morgan fingerprint density at radius 2 is 2.06 bits per heavy atom. The normalized spacial score (nSPS) is 10.4. The first kappa shape index (κ1) is 11.5. The van der Waals surface area contributed by atoms with Crippen molar-refractivity contribution >= 4 is 34.7 Å². The maximum Gasteiger partial charge on any atom is 0.266 e. The van der Waals surface area contributed by atoms with E-state index in [4.69, 9.17) is 27.9 Å². The molecule has 3 nitrogen and oxygen atoms in total. The molecular weight excluding hydrogens is 269 g/mol. The van der Waals surface area contributed by atoms with E-state index in [0.717, 1.165) is 11.5 Å². The highest BCUT2D eigenvalue weighted by Crippen LogP contribution is 2.27. The number of benzene rings is 1. The Balaban J connectivity index is 2.53. The molecule has 1 heterocycles. The van der Waals surface area contributed by atoms with Crippen molar-refractivity contribution < 1.29 is 4.74 Å². The predicted molar refractivity (Wildman–Crippen MR) is 66.5 cm³/mol. The van der Waals surface area contributed by atoms with Crippen molar-refractivity contribution in [1.29, 1.82) is 0 Å². The Labute approximate surface area is 106 Å². The first-order valence-electron chi connectivity index (χ1n) is 4.34. The zero-order valence-electron chi connectivity index (χ0n) is 8.24. The molecule has 6 heteroatoms. The van der Waals surface area contributed by atoms with Gasteiger partial charge in [0.15, 0.2) is 0 Å². The van der Waals surface area contributed by atoms with Gasteiger partial charge in [-0.25, -0.2) is 3.96 Å². The fraction of sp³-hybridized carbons (Fsp3) is 0.100. The minimum Gasteiger partial charge on any atom is -0.495 e. The van der Waals surface area contributed by atoms with Gasteiger partial charge in [-0.3, -0.25) is 4.79 Å². The Kier molecular flexibility index (Phi) is 3.23. The van der Waals surface area contributed by atoms with E-state index in [2.05, 4.69) is 0 Å². The van der Waals surface area contributed by atoms with Crippen LogP contribution in [0.5, 0.6) is 5.75 Å². The second-order valence-corrected chi connectivity index (χ2v) is 5.02. The summed E-state index contributed by atoms with van der Waals surface area (Å²) >= 11 is 12.9. The third kappa shape index (κ3) is 2.09. The van der Waals surface area contributed by atoms with Gasteiger partial charge in [0.2, 0.25) is 0 Å². The van der Waals surface area contributed by atoms with Crippen molar-refractivity contribution in [3.8, 4) is 11.4 Å². The molecule has 2 rings (SSSR count). The third-order valence-electron chi connectivity index (χ3n) is 1.99. The van der Waals surface area contributed by atoms with Crippen LogP contribution in [0.4, 0.5) is 0 Å². The first-order chi connectivity index (χ1) is 7.61. The molecule has 0 aliphatic carbocycles. The molecular formula is C10H7Cl2NO2S. The zero-order valence-corrected chi connectivity index (χ0v) is 10.6. The molecule has 0 aliphatic rings. The Bertz CT molecular complexity index is 576. The average molecular weight is 276 g/mol. The summed E-state index contributed by atoms with van der Waals surface area (Å²) in [5.41, 5.74) is 0.504. The fourth-order valence-corrected chi connectivity index (χ4v) is 2.52. The molecule has 2 aromatic rings. The Hall–Kier alpha value is -0.970. The molecule has 0 radical (unpaired) electrons. The second-order valence-electron chi connectivity index (χ2n) is 2.99. The molecule has 0 amide bonds. The lowest BCUT2D eigenvalue weighted by Crippen LogP contribution is -2.09. The van der Waals surface area contributed by atoms with Crippen molar-refractivity contribution in [2.24, 2.45) is 0 Å². The Morgan fingerprint density at radius 3 is 2.56 bits per heavy atom. The average Bonchev–Trinajstić information content (AvgIpc) is 2.58. The summed E-state index contributed by atoms with van der Waals surface area (Å²) < 4.78 is 6.94. The maximum atomic E-state index is 11.5. The molecule has 84 valence electrons. The van der Waals surface area contributed by atoms with Gasteiger partial charge in [0.1, 0.15) is 10.1 Å². The summed E-state index contributed by atoms with van der Waals surface area (Å²) in [7, 11) is 1.54. The van der Waals surface area contributed by atoms with Gasteiger partial charge in [-0.1, -0.05) is 23.2 Å². The summed E-state index contributed by atoms with van der Waals surface area (Å²) in [5.74, 6) is 0.570. The van der Waals surface area contributed by atoms with Crippen LogP contribution in [0, 0.1) is 0 Å². The number of methoxy groups -OCH3 is 1. The molecule has 0 fully saturated rings. The highest BCUT2D eigenvalue weighted by molar-refractivity contribution is 7.11. The van der Waals surface area contributed by atoms with E-state index in [1.54, 1.807) is 18.2 Å². The predicted octanol–water partition coefficient (Wildman–Crippen LogP) is 3.21. The van der Waals surface area contributed by atoms with E-state index in [0.29, 0.717) is 20.8 Å². The van der Waals surface area contributed by atoms with Gasteiger partial charge in [0.25, 0.3) is 5.56 Å². The van der Waals surface area contributed by atoms with Gasteiger partial charge in [0.05, 0.1) is 17.8 Å². The summed E-state index contributed by atoms with van der Waals surface area (Å²) in [6.45, 7) is 0. The van der Waals surface area contributed by atoms with Crippen molar-refractivity contribution in [1.82, 2.24) is 3.96 Å². The van der Waals surface area contributed by atoms with Crippen LogP contribution in [-0.4, -0.2) is 11.1 Å². The smallest absolute Gasteiger partial charge is 0.266 e. The molecule has 0 spiro atoms. The molecule has 0 unspecified atom stereocenters. The van der Waals surface area contributed by atoms with Gasteiger partial charge in [-0.2, -0.15) is 0 Å². The van der Waals surface area contributed by atoms with Gasteiger partial charge >= 0.3 is 0 Å². The van der Waals surface area contributed by atoms with Crippen LogP contribution in [0.3, 0.4) is 0 Å². The summed E-state index contributed by atoms with van der Waals surface area (Å²) in [6.07, 6.45) is 0. The van der Waals surface area contributed by atoms with Gasteiger partial charge < -0.3 is 4.74 Å². The zero-order chi connectivity index (χ0) is 11.7. The topological polar surface area (TPSA) is 31.2 Å². The third-order valence-corrected chi connectivity index (χ3v) is 3.46. The van der Waals surface area contributed by atoms with Crippen LogP contribution in [0.2, 0.25) is 9.36 Å². The fourth-order valence-electron chi connectivity index (χ4n) is 1.28. The van der Waals surface area contributed by atoms with E-state index in [1.165, 1.54) is 17.1 Å². The number of nitrogens with zero attached hydrogens (tertiary/aromatic N) is 1. The quantitative estimate of drug-likeness (QED) is 0.843.